The Balaban J connectivity index is 1.43. The molecule has 174 valence electrons. The van der Waals surface area contributed by atoms with Crippen LogP contribution in [0.15, 0.2) is 53.5 Å². The van der Waals surface area contributed by atoms with Gasteiger partial charge in [-0.25, -0.2) is 0 Å². The van der Waals surface area contributed by atoms with Crippen LogP contribution in [0.4, 0.5) is 5.69 Å². The zero-order chi connectivity index (χ0) is 22.4. The van der Waals surface area contributed by atoms with Gasteiger partial charge in [0.15, 0.2) is 5.96 Å². The molecule has 0 aliphatic carbocycles. The van der Waals surface area contributed by atoms with E-state index in [1.54, 1.807) is 14.2 Å². The number of nitrogens with zero attached hydrogens (tertiary/aromatic N) is 1. The molecule has 7 nitrogen and oxygen atoms in total. The highest BCUT2D eigenvalue weighted by molar-refractivity contribution is 5.93. The molecule has 0 aromatic heterocycles. The number of hydrogen-bond donors (Lipinski definition) is 2. The molecule has 2 aromatic rings. The summed E-state index contributed by atoms with van der Waals surface area (Å²) in [5.74, 6) is 1.52. The van der Waals surface area contributed by atoms with Crippen LogP contribution in [0.3, 0.4) is 0 Å². The highest BCUT2D eigenvalue weighted by Crippen LogP contribution is 2.18. The Bertz CT molecular complexity index is 820. The Labute approximate surface area is 191 Å². The minimum atomic E-state index is 0.314. The van der Waals surface area contributed by atoms with Gasteiger partial charge in [-0.1, -0.05) is 30.3 Å². The van der Waals surface area contributed by atoms with Crippen molar-refractivity contribution in [3.63, 3.8) is 0 Å². The molecule has 0 saturated carbocycles. The SMILES string of the molecule is CN=C(NCc1ccc(COC2CCOCC2)cc1)Nc1cccc(OCCCOC)c1. The maximum atomic E-state index is 6.00. The highest BCUT2D eigenvalue weighted by atomic mass is 16.5. The van der Waals surface area contributed by atoms with Gasteiger partial charge in [0.1, 0.15) is 5.75 Å². The molecule has 0 atom stereocenters. The second-order valence-corrected chi connectivity index (χ2v) is 7.71. The number of rotatable bonds is 11. The molecule has 1 saturated heterocycles. The van der Waals surface area contributed by atoms with Crippen LogP contribution in [0.5, 0.6) is 5.75 Å². The number of ether oxygens (including phenoxy) is 4. The first-order valence-electron chi connectivity index (χ1n) is 11.2. The predicted octanol–water partition coefficient (Wildman–Crippen LogP) is 3.99. The summed E-state index contributed by atoms with van der Waals surface area (Å²) in [6.07, 6.45) is 3.14. The molecule has 0 amide bonds. The second-order valence-electron chi connectivity index (χ2n) is 7.71. The molecule has 2 aromatic carbocycles. The fourth-order valence-electron chi connectivity index (χ4n) is 3.37. The fraction of sp³-hybridized carbons (Fsp3) is 0.480. The first kappa shape index (κ1) is 24.0. The standard InChI is InChI=1S/C25H35N3O4/c1-26-25(28-22-5-3-6-24(17-22)31-14-4-13-29-2)27-18-20-7-9-21(10-8-20)19-32-23-11-15-30-16-12-23/h3,5-10,17,23H,4,11-16,18-19H2,1-2H3,(H2,26,27,28). The summed E-state index contributed by atoms with van der Waals surface area (Å²) in [6.45, 7) is 4.24. The van der Waals surface area contributed by atoms with Crippen LogP contribution in [0, 0.1) is 0 Å². The van der Waals surface area contributed by atoms with E-state index >= 15 is 0 Å². The molecule has 1 aliphatic heterocycles. The normalized spacial score (nSPS) is 14.9. The second kappa shape index (κ2) is 13.7. The number of methoxy groups -OCH3 is 1. The molecule has 0 bridgehead atoms. The van der Waals surface area contributed by atoms with Crippen molar-refractivity contribution in [2.24, 2.45) is 4.99 Å². The van der Waals surface area contributed by atoms with Crippen LogP contribution in [-0.4, -0.2) is 52.6 Å². The lowest BCUT2D eigenvalue weighted by atomic mass is 10.1. The number of nitrogens with one attached hydrogen (secondary N) is 2. The first-order chi connectivity index (χ1) is 15.8. The third-order valence-electron chi connectivity index (χ3n) is 5.22. The van der Waals surface area contributed by atoms with Gasteiger partial charge in [0.25, 0.3) is 0 Å². The van der Waals surface area contributed by atoms with Crippen LogP contribution in [-0.2, 0) is 27.4 Å². The van der Waals surface area contributed by atoms with Crippen molar-refractivity contribution >= 4 is 11.6 Å². The smallest absolute Gasteiger partial charge is 0.195 e. The van der Waals surface area contributed by atoms with Gasteiger partial charge >= 0.3 is 0 Å². The van der Waals surface area contributed by atoms with E-state index in [1.165, 1.54) is 11.1 Å². The molecule has 0 unspecified atom stereocenters. The fourth-order valence-corrected chi connectivity index (χ4v) is 3.37. The van der Waals surface area contributed by atoms with Gasteiger partial charge in [-0.2, -0.15) is 0 Å². The average molecular weight is 442 g/mol. The van der Waals surface area contributed by atoms with E-state index in [9.17, 15) is 0 Å². The van der Waals surface area contributed by atoms with E-state index in [4.69, 9.17) is 18.9 Å². The van der Waals surface area contributed by atoms with E-state index in [2.05, 4.69) is 39.9 Å². The van der Waals surface area contributed by atoms with Crippen LogP contribution in [0.25, 0.3) is 0 Å². The molecule has 0 spiro atoms. The van der Waals surface area contributed by atoms with Crippen LogP contribution < -0.4 is 15.4 Å². The molecule has 0 radical (unpaired) electrons. The molecular weight excluding hydrogens is 406 g/mol. The summed E-state index contributed by atoms with van der Waals surface area (Å²) in [4.78, 5) is 4.32. The zero-order valence-corrected chi connectivity index (χ0v) is 19.1. The maximum absolute atomic E-state index is 6.00. The Hall–Kier alpha value is -2.61. The number of hydrogen-bond acceptors (Lipinski definition) is 5. The van der Waals surface area contributed by atoms with Gasteiger partial charge in [0, 0.05) is 58.7 Å². The van der Waals surface area contributed by atoms with Gasteiger partial charge < -0.3 is 29.6 Å². The number of anilines is 1. The van der Waals surface area contributed by atoms with Crippen molar-refractivity contribution < 1.29 is 18.9 Å². The van der Waals surface area contributed by atoms with Crippen LogP contribution >= 0.6 is 0 Å². The summed E-state index contributed by atoms with van der Waals surface area (Å²) < 4.78 is 22.2. The molecule has 32 heavy (non-hydrogen) atoms. The van der Waals surface area contributed by atoms with Crippen molar-refractivity contribution in [2.75, 3.05) is 45.9 Å². The maximum Gasteiger partial charge on any atom is 0.195 e. The quantitative estimate of drug-likeness (QED) is 0.312. The Morgan fingerprint density at radius 3 is 2.59 bits per heavy atom. The Kier molecular flexibility index (Phi) is 10.3. The van der Waals surface area contributed by atoms with Gasteiger partial charge in [-0.3, -0.25) is 4.99 Å². The summed E-state index contributed by atoms with van der Waals surface area (Å²) in [5, 5.41) is 6.67. The van der Waals surface area contributed by atoms with E-state index in [0.717, 1.165) is 43.9 Å². The van der Waals surface area contributed by atoms with E-state index in [0.29, 0.717) is 38.4 Å². The van der Waals surface area contributed by atoms with E-state index in [1.807, 2.05) is 24.3 Å². The molecule has 7 heteroatoms. The average Bonchev–Trinajstić information content (AvgIpc) is 2.85. The molecule has 3 rings (SSSR count). The summed E-state index contributed by atoms with van der Waals surface area (Å²) in [7, 11) is 3.46. The zero-order valence-electron chi connectivity index (χ0n) is 19.1. The molecule has 1 fully saturated rings. The minimum Gasteiger partial charge on any atom is -0.493 e. The van der Waals surface area contributed by atoms with Crippen molar-refractivity contribution in [3.8, 4) is 5.75 Å². The summed E-state index contributed by atoms with van der Waals surface area (Å²) >= 11 is 0. The van der Waals surface area contributed by atoms with Crippen molar-refractivity contribution in [3.05, 3.63) is 59.7 Å². The van der Waals surface area contributed by atoms with Gasteiger partial charge in [0.05, 0.1) is 19.3 Å². The molecule has 2 N–H and O–H groups in total. The predicted molar refractivity (Wildman–Crippen MR) is 127 cm³/mol. The monoisotopic (exact) mass is 441 g/mol. The number of aliphatic imine (C=N–C) groups is 1. The third kappa shape index (κ3) is 8.49. The number of guanidine groups is 1. The first-order valence-corrected chi connectivity index (χ1v) is 11.2. The minimum absolute atomic E-state index is 0.314. The summed E-state index contributed by atoms with van der Waals surface area (Å²) in [6, 6.07) is 16.3. The van der Waals surface area contributed by atoms with Gasteiger partial charge in [0.2, 0.25) is 0 Å². The third-order valence-corrected chi connectivity index (χ3v) is 5.22. The Morgan fingerprint density at radius 2 is 1.84 bits per heavy atom. The van der Waals surface area contributed by atoms with Crippen LogP contribution in [0.1, 0.15) is 30.4 Å². The van der Waals surface area contributed by atoms with Gasteiger partial charge in [-0.05, 0) is 36.1 Å². The highest BCUT2D eigenvalue weighted by Gasteiger charge is 2.13. The van der Waals surface area contributed by atoms with Crippen molar-refractivity contribution in [1.82, 2.24) is 5.32 Å². The van der Waals surface area contributed by atoms with Crippen molar-refractivity contribution in [1.29, 1.82) is 0 Å². The summed E-state index contributed by atoms with van der Waals surface area (Å²) in [5.41, 5.74) is 3.28. The lowest BCUT2D eigenvalue weighted by Gasteiger charge is -2.22. The van der Waals surface area contributed by atoms with E-state index < -0.39 is 0 Å². The molecular formula is C25H35N3O4. The lowest BCUT2D eigenvalue weighted by Crippen LogP contribution is -2.30. The van der Waals surface area contributed by atoms with Crippen molar-refractivity contribution in [2.45, 2.75) is 38.5 Å². The van der Waals surface area contributed by atoms with Gasteiger partial charge in [-0.15, -0.1) is 0 Å². The topological polar surface area (TPSA) is 73.3 Å². The number of benzene rings is 2. The molecule has 1 aliphatic rings. The molecule has 1 heterocycles. The lowest BCUT2D eigenvalue weighted by molar-refractivity contribution is -0.0390. The van der Waals surface area contributed by atoms with Crippen LogP contribution in [0.2, 0.25) is 0 Å². The Morgan fingerprint density at radius 1 is 1.06 bits per heavy atom. The largest absolute Gasteiger partial charge is 0.493 e. The van der Waals surface area contributed by atoms with E-state index in [-0.39, 0.29) is 0 Å².